The molecule has 0 spiro atoms. The summed E-state index contributed by atoms with van der Waals surface area (Å²) in [5, 5.41) is 0. The first-order valence-corrected chi connectivity index (χ1v) is 15.4. The summed E-state index contributed by atoms with van der Waals surface area (Å²) in [6, 6.07) is 5.86. The Kier molecular flexibility index (Phi) is 23.3. The van der Waals surface area contributed by atoms with Crippen molar-refractivity contribution in [3.05, 3.63) is 41.5 Å². The van der Waals surface area contributed by atoms with Crippen LogP contribution in [0.15, 0.2) is 30.4 Å². The van der Waals surface area contributed by atoms with Crippen LogP contribution >= 0.6 is 0 Å². The number of allylic oxidation sites excluding steroid dienone is 2. The number of aryl methyl sites for hydroxylation is 2. The Balaban J connectivity index is 0.000000763. The molecule has 0 amide bonds. The monoisotopic (exact) mass is 546 g/mol. The largest absolute Gasteiger partial charge is 0.482 e. The third-order valence-electron chi connectivity index (χ3n) is 6.73. The second-order valence-corrected chi connectivity index (χ2v) is 10.6. The van der Waals surface area contributed by atoms with Crippen LogP contribution in [0.25, 0.3) is 0 Å². The normalized spacial score (nSPS) is 12.4. The van der Waals surface area contributed by atoms with Gasteiger partial charge in [-0.25, -0.2) is 4.79 Å². The average molecular weight is 547 g/mol. The predicted octanol–water partition coefficient (Wildman–Crippen LogP) is 9.61. The number of hydrogen-bond donors (Lipinski definition) is 0. The van der Waals surface area contributed by atoms with E-state index >= 15 is 0 Å². The molecule has 0 radical (unpaired) electrons. The maximum absolute atomic E-state index is 11.5. The summed E-state index contributed by atoms with van der Waals surface area (Å²) in [7, 11) is 0. The number of esters is 2. The van der Waals surface area contributed by atoms with E-state index in [0.717, 1.165) is 30.6 Å². The van der Waals surface area contributed by atoms with Gasteiger partial charge >= 0.3 is 11.9 Å². The average Bonchev–Trinajstić information content (AvgIpc) is 2.91. The molecule has 0 bridgehead atoms. The molecule has 1 rings (SSSR count). The van der Waals surface area contributed by atoms with E-state index in [2.05, 4.69) is 19.1 Å². The minimum Gasteiger partial charge on any atom is -0.482 e. The molecule has 2 atom stereocenters. The van der Waals surface area contributed by atoms with Gasteiger partial charge in [-0.15, -0.1) is 0 Å². The summed E-state index contributed by atoms with van der Waals surface area (Å²) in [4.78, 5) is 22.9. The molecule has 0 heterocycles. The highest BCUT2D eigenvalue weighted by Crippen LogP contribution is 2.18. The number of carbonyl (C=O) groups excluding carboxylic acids is 2. The van der Waals surface area contributed by atoms with Gasteiger partial charge < -0.3 is 14.2 Å². The van der Waals surface area contributed by atoms with Gasteiger partial charge in [0.25, 0.3) is 0 Å². The van der Waals surface area contributed by atoms with Gasteiger partial charge in [0.2, 0.25) is 0 Å². The lowest BCUT2D eigenvalue weighted by atomic mass is 10.1. The summed E-state index contributed by atoms with van der Waals surface area (Å²) < 4.78 is 15.8. The fourth-order valence-corrected chi connectivity index (χ4v) is 3.92. The Morgan fingerprint density at radius 1 is 0.769 bits per heavy atom. The van der Waals surface area contributed by atoms with E-state index in [0.29, 0.717) is 6.42 Å². The van der Waals surface area contributed by atoms with Gasteiger partial charge in [-0.1, -0.05) is 95.1 Å². The molecule has 0 N–H and O–H groups in total. The fraction of sp³-hybridized carbons (Fsp3) is 0.706. The number of hydrogen-bond acceptors (Lipinski definition) is 5. The molecule has 1 aromatic rings. The van der Waals surface area contributed by atoms with Crippen LogP contribution < -0.4 is 4.74 Å². The summed E-state index contributed by atoms with van der Waals surface area (Å²) in [5.74, 6) is 0.392. The van der Waals surface area contributed by atoms with E-state index in [1.165, 1.54) is 69.8 Å². The lowest BCUT2D eigenvalue weighted by molar-refractivity contribution is -0.151. The quantitative estimate of drug-likeness (QED) is 0.0925. The molecule has 0 aliphatic rings. The Labute approximate surface area is 240 Å². The van der Waals surface area contributed by atoms with Gasteiger partial charge in [-0.3, -0.25) is 4.79 Å². The van der Waals surface area contributed by atoms with Crippen molar-refractivity contribution in [1.82, 2.24) is 0 Å². The number of carbonyl (C=O) groups is 2. The maximum atomic E-state index is 11.5. The second-order valence-electron chi connectivity index (χ2n) is 10.6. The van der Waals surface area contributed by atoms with Crippen LogP contribution in [0.1, 0.15) is 136 Å². The Hall–Kier alpha value is -2.30. The standard InChI is InChI=1S/C20H38O2.C14H20O3/c1-4-6-7-8-9-10-11-12-13-14-15-16-17-18-20(21)22-19(3)5-2;1-5-12(4)17-14(15)9-16-13-7-6-10(2)8-11(13)3/h4,6,19H,5,7-18H2,1-3H3;6-8,12H,5,9H2,1-4H3. The molecule has 5 nitrogen and oxygen atoms in total. The van der Waals surface area contributed by atoms with Crippen LogP contribution in [0.3, 0.4) is 0 Å². The molecule has 39 heavy (non-hydrogen) atoms. The molecule has 0 saturated heterocycles. The molecular formula is C34H58O5. The first-order chi connectivity index (χ1) is 18.7. The first kappa shape index (κ1) is 36.7. The maximum Gasteiger partial charge on any atom is 0.344 e. The van der Waals surface area contributed by atoms with Gasteiger partial charge in [0.05, 0.1) is 12.2 Å². The third kappa shape index (κ3) is 22.2. The zero-order valence-electron chi connectivity index (χ0n) is 26.2. The number of ether oxygens (including phenoxy) is 3. The molecule has 0 aliphatic carbocycles. The summed E-state index contributed by atoms with van der Waals surface area (Å²) in [6.07, 6.45) is 20.9. The number of rotatable bonds is 20. The molecule has 1 aromatic carbocycles. The van der Waals surface area contributed by atoms with Crippen molar-refractivity contribution in [3.63, 3.8) is 0 Å². The molecule has 0 aliphatic heterocycles. The van der Waals surface area contributed by atoms with Gasteiger partial charge in [0, 0.05) is 6.42 Å². The minimum atomic E-state index is -0.320. The van der Waals surface area contributed by atoms with Crippen LogP contribution in [0.2, 0.25) is 0 Å². The highest BCUT2D eigenvalue weighted by Gasteiger charge is 2.09. The van der Waals surface area contributed by atoms with Crippen molar-refractivity contribution in [1.29, 1.82) is 0 Å². The van der Waals surface area contributed by atoms with Crippen LogP contribution in [0, 0.1) is 13.8 Å². The molecule has 0 aromatic heterocycles. The topological polar surface area (TPSA) is 61.8 Å². The molecule has 2 unspecified atom stereocenters. The molecule has 0 saturated carbocycles. The SMILES string of the molecule is CC=CCCCCCCCCCCCCC(=O)OC(C)CC.CCC(C)OC(=O)COc1ccc(C)cc1C. The highest BCUT2D eigenvalue weighted by atomic mass is 16.6. The highest BCUT2D eigenvalue weighted by molar-refractivity contribution is 5.71. The van der Waals surface area contributed by atoms with Crippen molar-refractivity contribution in [2.45, 2.75) is 151 Å². The van der Waals surface area contributed by atoms with Gasteiger partial charge in [0.15, 0.2) is 6.61 Å². The Bertz CT molecular complexity index is 786. The van der Waals surface area contributed by atoms with Crippen molar-refractivity contribution in [2.24, 2.45) is 0 Å². The fourth-order valence-electron chi connectivity index (χ4n) is 3.92. The minimum absolute atomic E-state index is 0.0210. The van der Waals surface area contributed by atoms with Crippen LogP contribution in [0.4, 0.5) is 0 Å². The molecular weight excluding hydrogens is 488 g/mol. The molecule has 224 valence electrons. The lowest BCUT2D eigenvalue weighted by Gasteiger charge is -2.12. The zero-order chi connectivity index (χ0) is 29.3. The summed E-state index contributed by atoms with van der Waals surface area (Å²) in [5.41, 5.74) is 2.21. The van der Waals surface area contributed by atoms with E-state index < -0.39 is 0 Å². The lowest BCUT2D eigenvalue weighted by Crippen LogP contribution is -2.20. The van der Waals surface area contributed by atoms with Crippen LogP contribution in [0.5, 0.6) is 5.75 Å². The third-order valence-corrected chi connectivity index (χ3v) is 6.73. The van der Waals surface area contributed by atoms with E-state index in [4.69, 9.17) is 14.2 Å². The van der Waals surface area contributed by atoms with Crippen LogP contribution in [-0.4, -0.2) is 30.8 Å². The second kappa shape index (κ2) is 24.7. The predicted molar refractivity (Wildman–Crippen MR) is 163 cm³/mol. The molecule has 0 fully saturated rings. The van der Waals surface area contributed by atoms with E-state index in [9.17, 15) is 9.59 Å². The van der Waals surface area contributed by atoms with Crippen molar-refractivity contribution >= 4 is 11.9 Å². The number of benzene rings is 1. The number of unbranched alkanes of at least 4 members (excludes halogenated alkanes) is 10. The smallest absolute Gasteiger partial charge is 0.344 e. The van der Waals surface area contributed by atoms with Gasteiger partial charge in [-0.2, -0.15) is 0 Å². The first-order valence-electron chi connectivity index (χ1n) is 15.4. The zero-order valence-corrected chi connectivity index (χ0v) is 26.2. The summed E-state index contributed by atoms with van der Waals surface area (Å²) >= 11 is 0. The van der Waals surface area contributed by atoms with E-state index in [1.54, 1.807) is 0 Å². The summed E-state index contributed by atoms with van der Waals surface area (Å²) in [6.45, 7) is 13.9. The van der Waals surface area contributed by atoms with Crippen LogP contribution in [-0.2, 0) is 19.1 Å². The van der Waals surface area contributed by atoms with Crippen molar-refractivity contribution in [2.75, 3.05) is 6.61 Å². The van der Waals surface area contributed by atoms with Gasteiger partial charge in [0.1, 0.15) is 5.75 Å². The van der Waals surface area contributed by atoms with Gasteiger partial charge in [-0.05, 0) is 78.4 Å². The van der Waals surface area contributed by atoms with Crippen molar-refractivity contribution in [3.8, 4) is 5.75 Å². The van der Waals surface area contributed by atoms with Crippen molar-refractivity contribution < 1.29 is 23.8 Å². The Morgan fingerprint density at radius 2 is 1.28 bits per heavy atom. The van der Waals surface area contributed by atoms with E-state index in [1.807, 2.05) is 59.7 Å². The molecule has 5 heteroatoms. The Morgan fingerprint density at radius 3 is 1.79 bits per heavy atom. The van der Waals surface area contributed by atoms with E-state index in [-0.39, 0.29) is 30.8 Å².